The summed E-state index contributed by atoms with van der Waals surface area (Å²) < 4.78 is 11.1. The molecule has 0 N–H and O–H groups in total. The van der Waals surface area contributed by atoms with Crippen molar-refractivity contribution in [2.24, 2.45) is 0 Å². The van der Waals surface area contributed by atoms with E-state index in [1.165, 1.54) is 0 Å². The zero-order chi connectivity index (χ0) is 19.2. The van der Waals surface area contributed by atoms with E-state index in [0.29, 0.717) is 18.6 Å². The number of amides is 1. The third-order valence-corrected chi connectivity index (χ3v) is 4.72. The Morgan fingerprint density at radius 3 is 2.52 bits per heavy atom. The molecule has 2 fully saturated rings. The maximum absolute atomic E-state index is 12.2. The molecule has 1 unspecified atom stereocenters. The third kappa shape index (κ3) is 4.19. The van der Waals surface area contributed by atoms with E-state index < -0.39 is 0 Å². The largest absolute Gasteiger partial charge is 0.457 e. The van der Waals surface area contributed by atoms with Crippen LogP contribution in [-0.4, -0.2) is 29.4 Å². The van der Waals surface area contributed by atoms with Gasteiger partial charge in [0.15, 0.2) is 6.23 Å². The number of esters is 1. The molecule has 2 aromatic carbocycles. The fourth-order valence-electron chi connectivity index (χ4n) is 3.38. The SMILES string of the molecule is CC.O=C(OCc1ccccc1)c1ccc([C@H]2OCC3CCC(=O)N32)cc1. The van der Waals surface area contributed by atoms with Crippen LogP contribution in [0.25, 0.3) is 0 Å². The number of rotatable bonds is 4. The van der Waals surface area contributed by atoms with Crippen LogP contribution in [0.3, 0.4) is 0 Å². The Bertz CT molecular complexity index is 773. The summed E-state index contributed by atoms with van der Waals surface area (Å²) in [4.78, 5) is 26.0. The Hall–Kier alpha value is -2.66. The summed E-state index contributed by atoms with van der Waals surface area (Å²) in [7, 11) is 0. The monoisotopic (exact) mass is 367 g/mol. The molecule has 2 aromatic rings. The molecule has 2 aliphatic rings. The summed E-state index contributed by atoms with van der Waals surface area (Å²) >= 11 is 0. The average Bonchev–Trinajstić information content (AvgIpc) is 3.32. The first kappa shape index (κ1) is 19.1. The van der Waals surface area contributed by atoms with E-state index in [9.17, 15) is 9.59 Å². The van der Waals surface area contributed by atoms with Crippen LogP contribution in [-0.2, 0) is 20.9 Å². The van der Waals surface area contributed by atoms with Crippen molar-refractivity contribution in [1.82, 2.24) is 4.90 Å². The first-order chi connectivity index (χ1) is 13.2. The van der Waals surface area contributed by atoms with Crippen molar-refractivity contribution in [1.29, 1.82) is 0 Å². The fourth-order valence-corrected chi connectivity index (χ4v) is 3.38. The van der Waals surface area contributed by atoms with Gasteiger partial charge in [0.1, 0.15) is 6.61 Å². The molecule has 5 nitrogen and oxygen atoms in total. The summed E-state index contributed by atoms with van der Waals surface area (Å²) in [6.07, 6.45) is 1.11. The van der Waals surface area contributed by atoms with Crippen molar-refractivity contribution in [2.75, 3.05) is 6.61 Å². The van der Waals surface area contributed by atoms with E-state index in [2.05, 4.69) is 0 Å². The predicted molar refractivity (Wildman–Crippen MR) is 102 cm³/mol. The second-order valence-electron chi connectivity index (χ2n) is 6.36. The maximum atomic E-state index is 12.2. The number of ether oxygens (including phenoxy) is 2. The van der Waals surface area contributed by atoms with Crippen molar-refractivity contribution < 1.29 is 19.1 Å². The lowest BCUT2D eigenvalue weighted by molar-refractivity contribution is -0.134. The second kappa shape index (κ2) is 8.82. The van der Waals surface area contributed by atoms with Crippen LogP contribution in [0.1, 0.15) is 54.4 Å². The van der Waals surface area contributed by atoms with Gasteiger partial charge >= 0.3 is 5.97 Å². The highest BCUT2D eigenvalue weighted by Crippen LogP contribution is 2.37. The summed E-state index contributed by atoms with van der Waals surface area (Å²) in [6.45, 7) is 4.83. The van der Waals surface area contributed by atoms with Gasteiger partial charge < -0.3 is 14.4 Å². The third-order valence-electron chi connectivity index (χ3n) is 4.72. The number of benzene rings is 2. The zero-order valence-electron chi connectivity index (χ0n) is 15.8. The molecule has 2 heterocycles. The first-order valence-corrected chi connectivity index (χ1v) is 9.46. The number of carbonyl (C=O) groups excluding carboxylic acids is 2. The van der Waals surface area contributed by atoms with E-state index >= 15 is 0 Å². The number of carbonyl (C=O) groups is 2. The van der Waals surface area contributed by atoms with Crippen molar-refractivity contribution in [3.05, 3.63) is 71.3 Å². The minimum absolute atomic E-state index is 0.138. The van der Waals surface area contributed by atoms with Crippen LogP contribution < -0.4 is 0 Å². The lowest BCUT2D eigenvalue weighted by Gasteiger charge is -2.22. The van der Waals surface area contributed by atoms with Gasteiger partial charge in [0, 0.05) is 12.0 Å². The van der Waals surface area contributed by atoms with Crippen LogP contribution in [0.15, 0.2) is 54.6 Å². The number of hydrogen-bond donors (Lipinski definition) is 0. The van der Waals surface area contributed by atoms with Crippen LogP contribution >= 0.6 is 0 Å². The highest BCUT2D eigenvalue weighted by molar-refractivity contribution is 5.89. The van der Waals surface area contributed by atoms with E-state index in [0.717, 1.165) is 17.5 Å². The van der Waals surface area contributed by atoms with Gasteiger partial charge in [-0.25, -0.2) is 4.79 Å². The van der Waals surface area contributed by atoms with Gasteiger partial charge in [-0.05, 0) is 24.1 Å². The minimum Gasteiger partial charge on any atom is -0.457 e. The Labute approximate surface area is 159 Å². The molecular formula is C22H25NO4. The van der Waals surface area contributed by atoms with Crippen molar-refractivity contribution in [3.8, 4) is 0 Å². The Kier molecular flexibility index (Phi) is 6.24. The molecule has 2 atom stereocenters. The van der Waals surface area contributed by atoms with Crippen molar-refractivity contribution in [2.45, 2.75) is 45.6 Å². The van der Waals surface area contributed by atoms with Gasteiger partial charge in [-0.1, -0.05) is 56.3 Å². The molecule has 0 radical (unpaired) electrons. The first-order valence-electron chi connectivity index (χ1n) is 9.46. The van der Waals surface area contributed by atoms with Gasteiger partial charge in [0.25, 0.3) is 0 Å². The zero-order valence-corrected chi connectivity index (χ0v) is 15.8. The summed E-state index contributed by atoms with van der Waals surface area (Å²) in [6, 6.07) is 16.9. The normalized spacial score (nSPS) is 20.7. The lowest BCUT2D eigenvalue weighted by Crippen LogP contribution is -2.30. The average molecular weight is 367 g/mol. The number of hydrogen-bond acceptors (Lipinski definition) is 4. The van der Waals surface area contributed by atoms with Gasteiger partial charge in [-0.2, -0.15) is 0 Å². The quantitative estimate of drug-likeness (QED) is 0.764. The molecule has 0 saturated carbocycles. The van der Waals surface area contributed by atoms with Gasteiger partial charge in [-0.3, -0.25) is 4.79 Å². The smallest absolute Gasteiger partial charge is 0.338 e. The predicted octanol–water partition coefficient (Wildman–Crippen LogP) is 4.09. The molecular weight excluding hydrogens is 342 g/mol. The molecule has 27 heavy (non-hydrogen) atoms. The van der Waals surface area contributed by atoms with Crippen LogP contribution in [0.5, 0.6) is 0 Å². The van der Waals surface area contributed by atoms with E-state index in [4.69, 9.17) is 9.47 Å². The Morgan fingerprint density at radius 1 is 1.11 bits per heavy atom. The summed E-state index contributed by atoms with van der Waals surface area (Å²) in [5, 5.41) is 0. The van der Waals surface area contributed by atoms with Crippen LogP contribution in [0.4, 0.5) is 0 Å². The number of fused-ring (bicyclic) bond motifs is 1. The van der Waals surface area contributed by atoms with Gasteiger partial charge in [0.2, 0.25) is 5.91 Å². The van der Waals surface area contributed by atoms with Crippen molar-refractivity contribution >= 4 is 11.9 Å². The Morgan fingerprint density at radius 2 is 1.81 bits per heavy atom. The van der Waals surface area contributed by atoms with E-state index in [1.54, 1.807) is 12.1 Å². The highest BCUT2D eigenvalue weighted by Gasteiger charge is 2.42. The van der Waals surface area contributed by atoms with Gasteiger partial charge in [0.05, 0.1) is 18.2 Å². The second-order valence-corrected chi connectivity index (χ2v) is 6.36. The maximum Gasteiger partial charge on any atom is 0.338 e. The topological polar surface area (TPSA) is 55.8 Å². The lowest BCUT2D eigenvalue weighted by atomic mass is 10.1. The molecule has 2 saturated heterocycles. The molecule has 0 aromatic heterocycles. The molecule has 1 amide bonds. The summed E-state index contributed by atoms with van der Waals surface area (Å²) in [5.41, 5.74) is 2.32. The molecule has 2 aliphatic heterocycles. The highest BCUT2D eigenvalue weighted by atomic mass is 16.5. The van der Waals surface area contributed by atoms with Crippen LogP contribution in [0, 0.1) is 0 Å². The van der Waals surface area contributed by atoms with E-state index in [1.807, 2.05) is 61.2 Å². The van der Waals surface area contributed by atoms with Crippen LogP contribution in [0.2, 0.25) is 0 Å². The van der Waals surface area contributed by atoms with Crippen molar-refractivity contribution in [3.63, 3.8) is 0 Å². The fraction of sp³-hybridized carbons (Fsp3) is 0.364. The number of nitrogens with zero attached hydrogens (tertiary/aromatic N) is 1. The molecule has 0 aliphatic carbocycles. The standard InChI is InChI=1S/C20H19NO4.C2H6/c22-18-11-10-17-13-24-19(21(17)18)15-6-8-16(9-7-15)20(23)25-12-14-4-2-1-3-5-14;1-2/h1-9,17,19H,10-13H2;1-2H3/t17?,19-;/m1./s1. The summed E-state index contributed by atoms with van der Waals surface area (Å²) in [5.74, 6) is -0.225. The minimum atomic E-state index is -0.363. The van der Waals surface area contributed by atoms with E-state index in [-0.39, 0.29) is 30.8 Å². The van der Waals surface area contributed by atoms with Gasteiger partial charge in [-0.15, -0.1) is 0 Å². The molecule has 0 spiro atoms. The molecule has 0 bridgehead atoms. The molecule has 142 valence electrons. The molecule has 4 rings (SSSR count). The molecule has 5 heteroatoms. The Balaban J connectivity index is 0.00000102.